The normalized spacial score (nSPS) is 24.8. The van der Waals surface area contributed by atoms with E-state index in [9.17, 15) is 23.4 Å². The van der Waals surface area contributed by atoms with Gasteiger partial charge in [0.15, 0.2) is 6.04 Å². The molecule has 19 heteroatoms. The first-order chi connectivity index (χ1) is 12.7. The van der Waals surface area contributed by atoms with Crippen LogP contribution in [-0.4, -0.2) is 73.6 Å². The van der Waals surface area contributed by atoms with Crippen LogP contribution in [-0.2, 0) is 31.8 Å². The number of hydrogen-bond donors (Lipinski definition) is 5. The Bertz CT molecular complexity index is 881. The SMILES string of the molecule is CC(COCP(=O)(O)OP(=O)(O)OP(=O)(O)O)N1C=NC2C(=O)N=C(N)N=C21. The number of amides is 1. The van der Waals surface area contributed by atoms with E-state index in [0.29, 0.717) is 0 Å². The van der Waals surface area contributed by atoms with Crippen molar-refractivity contribution in [2.75, 3.05) is 13.0 Å². The average molecular weight is 463 g/mol. The third-order valence-electron chi connectivity index (χ3n) is 3.07. The number of nitrogens with zero attached hydrogens (tertiary/aromatic N) is 4. The quantitative estimate of drug-likeness (QED) is 0.251. The highest BCUT2D eigenvalue weighted by Crippen LogP contribution is 2.65. The molecule has 158 valence electrons. The van der Waals surface area contributed by atoms with Crippen LogP contribution in [0.4, 0.5) is 0 Å². The molecule has 4 atom stereocenters. The highest BCUT2D eigenvalue weighted by Gasteiger charge is 2.40. The number of carbonyl (C=O) groups excluding carboxylic acids is 1. The van der Waals surface area contributed by atoms with Crippen LogP contribution in [0.3, 0.4) is 0 Å². The molecule has 0 bridgehead atoms. The Labute approximate surface area is 157 Å². The number of nitrogens with two attached hydrogens (primary N) is 1. The van der Waals surface area contributed by atoms with Gasteiger partial charge in [-0.3, -0.25) is 14.4 Å². The van der Waals surface area contributed by atoms with Crippen molar-refractivity contribution in [1.29, 1.82) is 0 Å². The van der Waals surface area contributed by atoms with Crippen molar-refractivity contribution in [2.45, 2.75) is 19.0 Å². The van der Waals surface area contributed by atoms with Gasteiger partial charge in [-0.25, -0.2) is 13.4 Å². The lowest BCUT2D eigenvalue weighted by molar-refractivity contribution is -0.117. The van der Waals surface area contributed by atoms with Gasteiger partial charge in [0.1, 0.15) is 12.2 Å². The molecule has 2 aliphatic rings. The van der Waals surface area contributed by atoms with Crippen LogP contribution in [0, 0.1) is 0 Å². The molecular formula is C9H16N5O11P3. The zero-order chi connectivity index (χ0) is 21.3. The van der Waals surface area contributed by atoms with Gasteiger partial charge in [0.2, 0.25) is 5.96 Å². The van der Waals surface area contributed by atoms with Crippen LogP contribution in [0.15, 0.2) is 15.0 Å². The highest BCUT2D eigenvalue weighted by atomic mass is 31.3. The smallest absolute Gasteiger partial charge is 0.368 e. The fourth-order valence-corrected chi connectivity index (χ4v) is 5.39. The summed E-state index contributed by atoms with van der Waals surface area (Å²) in [5, 5.41) is 0. The average Bonchev–Trinajstić information content (AvgIpc) is 2.86. The lowest BCUT2D eigenvalue weighted by Gasteiger charge is -2.26. The van der Waals surface area contributed by atoms with Gasteiger partial charge >= 0.3 is 23.2 Å². The molecule has 1 amide bonds. The van der Waals surface area contributed by atoms with Crippen LogP contribution < -0.4 is 5.73 Å². The molecular weight excluding hydrogens is 447 g/mol. The molecule has 0 aliphatic carbocycles. The van der Waals surface area contributed by atoms with E-state index >= 15 is 0 Å². The summed E-state index contributed by atoms with van der Waals surface area (Å²) in [4.78, 5) is 59.9. The van der Waals surface area contributed by atoms with Crippen LogP contribution in [0.5, 0.6) is 0 Å². The maximum Gasteiger partial charge on any atom is 0.488 e. The van der Waals surface area contributed by atoms with Gasteiger partial charge in [-0.1, -0.05) is 0 Å². The van der Waals surface area contributed by atoms with E-state index in [1.54, 1.807) is 6.92 Å². The van der Waals surface area contributed by atoms with E-state index in [0.717, 1.165) is 0 Å². The largest absolute Gasteiger partial charge is 0.488 e. The Balaban J connectivity index is 1.91. The van der Waals surface area contributed by atoms with Gasteiger partial charge < -0.3 is 34.9 Å². The summed E-state index contributed by atoms with van der Waals surface area (Å²) in [5.41, 5.74) is 5.43. The van der Waals surface area contributed by atoms with E-state index in [2.05, 4.69) is 23.6 Å². The summed E-state index contributed by atoms with van der Waals surface area (Å²) >= 11 is 0. The molecule has 0 aromatic rings. The minimum atomic E-state index is -5.52. The van der Waals surface area contributed by atoms with Gasteiger partial charge in [-0.05, 0) is 6.92 Å². The van der Waals surface area contributed by atoms with Crippen LogP contribution in [0.2, 0.25) is 0 Å². The molecule has 2 heterocycles. The first-order valence-corrected chi connectivity index (χ1v) is 12.0. The predicted molar refractivity (Wildman–Crippen MR) is 92.3 cm³/mol. The maximum atomic E-state index is 11.7. The second-order valence-electron chi connectivity index (χ2n) is 5.46. The second-order valence-corrected chi connectivity index (χ2v) is 10.2. The number of ether oxygens (including phenoxy) is 1. The highest BCUT2D eigenvalue weighted by molar-refractivity contribution is 7.68. The number of hydrogen-bond acceptors (Lipinski definition) is 11. The Morgan fingerprint density at radius 3 is 2.46 bits per heavy atom. The fraction of sp³-hybridized carbons (Fsp3) is 0.556. The van der Waals surface area contributed by atoms with Gasteiger partial charge in [0.25, 0.3) is 5.91 Å². The number of amidine groups is 1. The van der Waals surface area contributed by atoms with Crippen molar-refractivity contribution in [2.24, 2.45) is 20.7 Å². The van der Waals surface area contributed by atoms with Crippen molar-refractivity contribution in [1.82, 2.24) is 4.90 Å². The molecule has 16 nitrogen and oxygen atoms in total. The van der Waals surface area contributed by atoms with Crippen LogP contribution in [0.1, 0.15) is 6.92 Å². The molecule has 28 heavy (non-hydrogen) atoms. The fourth-order valence-electron chi connectivity index (χ4n) is 2.11. The molecule has 2 rings (SSSR count). The lowest BCUT2D eigenvalue weighted by Crippen LogP contribution is -2.45. The summed E-state index contributed by atoms with van der Waals surface area (Å²) < 4.78 is 45.8. The van der Waals surface area contributed by atoms with Crippen molar-refractivity contribution < 1.29 is 51.4 Å². The molecule has 0 saturated carbocycles. The zero-order valence-corrected chi connectivity index (χ0v) is 16.7. The number of fused-ring (bicyclic) bond motifs is 1. The summed E-state index contributed by atoms with van der Waals surface area (Å²) in [7, 11) is -15.9. The van der Waals surface area contributed by atoms with Crippen LogP contribution >= 0.6 is 23.2 Å². The third-order valence-corrected chi connectivity index (χ3v) is 7.10. The van der Waals surface area contributed by atoms with E-state index in [1.807, 2.05) is 0 Å². The minimum Gasteiger partial charge on any atom is -0.368 e. The van der Waals surface area contributed by atoms with E-state index < -0.39 is 47.6 Å². The molecule has 0 fully saturated rings. The second kappa shape index (κ2) is 8.20. The summed E-state index contributed by atoms with van der Waals surface area (Å²) in [5.74, 6) is -0.671. The summed E-state index contributed by atoms with van der Waals surface area (Å²) in [6.07, 6.45) is 0.185. The molecule has 0 aromatic carbocycles. The Hall–Kier alpha value is -1.31. The number of phosphoric acid groups is 2. The van der Waals surface area contributed by atoms with Crippen molar-refractivity contribution in [3.8, 4) is 0 Å². The molecule has 0 spiro atoms. The maximum absolute atomic E-state index is 11.7. The molecule has 0 radical (unpaired) electrons. The van der Waals surface area contributed by atoms with E-state index in [-0.39, 0.29) is 18.4 Å². The van der Waals surface area contributed by atoms with Gasteiger partial charge in [-0.2, -0.15) is 14.3 Å². The Morgan fingerprint density at radius 2 is 1.86 bits per heavy atom. The summed E-state index contributed by atoms with van der Waals surface area (Å²) in [6.45, 7) is 1.33. The number of guanidine groups is 1. The minimum absolute atomic E-state index is 0.187. The van der Waals surface area contributed by atoms with Crippen LogP contribution in [0.25, 0.3) is 0 Å². The topological polar surface area (TPSA) is 243 Å². The Kier molecular flexibility index (Phi) is 6.73. The molecule has 0 aromatic heterocycles. The standard InChI is InChI=1S/C9H16N5O11P3/c1-5(14-3-11-6-7(14)12-9(10)13-8(6)15)2-23-4-26(16,17)24-28(21,22)25-27(18,19)20/h3,5-6H,2,4H2,1H3,(H,16,17)(H,21,22)(H2,10,13,15)(H2,18,19,20). The van der Waals surface area contributed by atoms with Crippen molar-refractivity contribution in [3.63, 3.8) is 0 Å². The molecule has 6 N–H and O–H groups in total. The van der Waals surface area contributed by atoms with Gasteiger partial charge in [-0.15, -0.1) is 0 Å². The molecule has 4 unspecified atom stereocenters. The zero-order valence-electron chi connectivity index (χ0n) is 14.0. The number of carbonyl (C=O) groups is 1. The third kappa shape index (κ3) is 6.36. The predicted octanol–water partition coefficient (Wildman–Crippen LogP) is -1.27. The lowest BCUT2D eigenvalue weighted by atomic mass is 10.2. The van der Waals surface area contributed by atoms with E-state index in [1.165, 1.54) is 11.2 Å². The van der Waals surface area contributed by atoms with Crippen molar-refractivity contribution in [3.05, 3.63) is 0 Å². The number of aliphatic imine (C=N–C) groups is 3. The van der Waals surface area contributed by atoms with E-state index in [4.69, 9.17) is 25.2 Å². The molecule has 2 aliphatic heterocycles. The van der Waals surface area contributed by atoms with Gasteiger partial charge in [0.05, 0.1) is 19.0 Å². The van der Waals surface area contributed by atoms with Gasteiger partial charge in [0, 0.05) is 0 Å². The molecule has 0 saturated heterocycles. The van der Waals surface area contributed by atoms with Crippen molar-refractivity contribution >= 4 is 47.3 Å². The summed E-state index contributed by atoms with van der Waals surface area (Å²) in [6, 6.07) is -1.52. The first kappa shape index (κ1) is 23.0. The monoisotopic (exact) mass is 463 g/mol. The number of rotatable bonds is 9. The first-order valence-electron chi connectivity index (χ1n) is 7.18. The Morgan fingerprint density at radius 1 is 1.21 bits per heavy atom.